The summed E-state index contributed by atoms with van der Waals surface area (Å²) in [5, 5.41) is -0.0815. The molecule has 2 rings (SSSR count). The van der Waals surface area contributed by atoms with Crippen LogP contribution in [0.4, 0.5) is 4.39 Å². The molecule has 0 saturated carbocycles. The number of nitrogens with two attached hydrogens (primary N) is 1. The SMILES string of the molecule is NCC#Cc1ccc(F)c(CNS(=O)(=O)c2cnc[nH]2)c1. The number of hydrogen-bond donors (Lipinski definition) is 3. The standard InChI is InChI=1S/C13H13FN4O2S/c14-12-4-3-10(2-1-5-15)6-11(12)7-18-21(19,20)13-8-16-9-17-13/h3-4,6,8-9,18H,5,7,15H2,(H,16,17). The molecule has 21 heavy (non-hydrogen) atoms. The molecule has 1 aromatic heterocycles. The van der Waals surface area contributed by atoms with E-state index in [2.05, 4.69) is 26.5 Å². The van der Waals surface area contributed by atoms with E-state index in [1.807, 2.05) is 0 Å². The molecule has 0 aliphatic carbocycles. The highest BCUT2D eigenvalue weighted by atomic mass is 32.2. The molecule has 6 nitrogen and oxygen atoms in total. The van der Waals surface area contributed by atoms with Gasteiger partial charge in [0.25, 0.3) is 10.0 Å². The highest BCUT2D eigenvalue weighted by molar-refractivity contribution is 7.89. The van der Waals surface area contributed by atoms with Crippen LogP contribution in [0.5, 0.6) is 0 Å². The molecule has 0 fully saturated rings. The van der Waals surface area contributed by atoms with Crippen LogP contribution in [-0.2, 0) is 16.6 Å². The minimum atomic E-state index is -3.75. The Bertz CT molecular complexity index is 776. The molecule has 4 N–H and O–H groups in total. The summed E-state index contributed by atoms with van der Waals surface area (Å²) in [4.78, 5) is 6.11. The van der Waals surface area contributed by atoms with Gasteiger partial charge in [-0.15, -0.1) is 0 Å². The molecule has 0 amide bonds. The summed E-state index contributed by atoms with van der Waals surface area (Å²) >= 11 is 0. The summed E-state index contributed by atoms with van der Waals surface area (Å²) in [6.07, 6.45) is 2.42. The van der Waals surface area contributed by atoms with Gasteiger partial charge in [-0.3, -0.25) is 0 Å². The van der Waals surface area contributed by atoms with Gasteiger partial charge in [0, 0.05) is 17.7 Å². The maximum Gasteiger partial charge on any atom is 0.257 e. The lowest BCUT2D eigenvalue weighted by atomic mass is 10.1. The molecule has 0 bridgehead atoms. The second-order valence-electron chi connectivity index (χ2n) is 4.05. The summed E-state index contributed by atoms with van der Waals surface area (Å²) in [7, 11) is -3.75. The van der Waals surface area contributed by atoms with E-state index in [4.69, 9.17) is 5.73 Å². The van der Waals surface area contributed by atoms with E-state index in [0.29, 0.717) is 5.56 Å². The third-order valence-corrected chi connectivity index (χ3v) is 3.92. The Labute approximate surface area is 121 Å². The number of halogens is 1. The van der Waals surface area contributed by atoms with E-state index in [9.17, 15) is 12.8 Å². The third kappa shape index (κ3) is 3.88. The smallest absolute Gasteiger partial charge is 0.257 e. The second-order valence-corrected chi connectivity index (χ2v) is 5.79. The van der Waals surface area contributed by atoms with Crippen LogP contribution in [0.1, 0.15) is 11.1 Å². The van der Waals surface area contributed by atoms with Crippen molar-refractivity contribution in [1.29, 1.82) is 0 Å². The van der Waals surface area contributed by atoms with Gasteiger partial charge in [-0.25, -0.2) is 22.5 Å². The van der Waals surface area contributed by atoms with Gasteiger partial charge in [-0.2, -0.15) is 0 Å². The van der Waals surface area contributed by atoms with Crippen molar-refractivity contribution in [3.8, 4) is 11.8 Å². The molecule has 0 aliphatic rings. The minimum absolute atomic E-state index is 0.0815. The fourth-order valence-electron chi connectivity index (χ4n) is 1.58. The molecule has 0 aliphatic heterocycles. The van der Waals surface area contributed by atoms with Crippen LogP contribution >= 0.6 is 0 Å². The molecule has 0 radical (unpaired) electrons. The van der Waals surface area contributed by atoms with Gasteiger partial charge in [0.15, 0.2) is 5.03 Å². The van der Waals surface area contributed by atoms with Crippen molar-refractivity contribution in [2.45, 2.75) is 11.6 Å². The average molecular weight is 308 g/mol. The van der Waals surface area contributed by atoms with Crippen molar-refractivity contribution >= 4 is 10.0 Å². The summed E-state index contributed by atoms with van der Waals surface area (Å²) in [5.41, 5.74) is 6.03. The Balaban J connectivity index is 2.16. The largest absolute Gasteiger partial charge is 0.335 e. The number of nitrogens with one attached hydrogen (secondary N) is 2. The van der Waals surface area contributed by atoms with Crippen molar-refractivity contribution in [1.82, 2.24) is 14.7 Å². The lowest BCUT2D eigenvalue weighted by Gasteiger charge is -2.06. The number of rotatable bonds is 4. The van der Waals surface area contributed by atoms with Crippen LogP contribution in [-0.4, -0.2) is 24.9 Å². The van der Waals surface area contributed by atoms with E-state index in [0.717, 1.165) is 0 Å². The van der Waals surface area contributed by atoms with E-state index in [1.54, 1.807) is 0 Å². The van der Waals surface area contributed by atoms with Crippen LogP contribution in [0, 0.1) is 17.7 Å². The lowest BCUT2D eigenvalue weighted by Crippen LogP contribution is -2.24. The normalized spacial score (nSPS) is 11.0. The Hall–Kier alpha value is -2.21. The van der Waals surface area contributed by atoms with E-state index in [1.165, 1.54) is 30.7 Å². The number of sulfonamides is 1. The predicted octanol–water partition coefficient (Wildman–Crippen LogP) is 0.337. The van der Waals surface area contributed by atoms with Gasteiger partial charge in [0.2, 0.25) is 0 Å². The molecule has 2 aromatic rings. The molecule has 0 spiro atoms. The third-order valence-electron chi connectivity index (χ3n) is 2.60. The monoisotopic (exact) mass is 308 g/mol. The fraction of sp³-hybridized carbons (Fsp3) is 0.154. The van der Waals surface area contributed by atoms with Crippen LogP contribution in [0.2, 0.25) is 0 Å². The fourth-order valence-corrected chi connectivity index (χ4v) is 2.49. The highest BCUT2D eigenvalue weighted by Crippen LogP contribution is 2.11. The zero-order valence-electron chi connectivity index (χ0n) is 10.9. The van der Waals surface area contributed by atoms with E-state index < -0.39 is 15.8 Å². The second kappa shape index (κ2) is 6.49. The van der Waals surface area contributed by atoms with E-state index >= 15 is 0 Å². The maximum atomic E-state index is 13.7. The zero-order valence-corrected chi connectivity index (χ0v) is 11.7. The molecular formula is C13H13FN4O2S. The molecule has 0 saturated heterocycles. The summed E-state index contributed by atoms with van der Waals surface area (Å²) in [6.45, 7) is 0.00446. The summed E-state index contributed by atoms with van der Waals surface area (Å²) in [5.74, 6) is 4.90. The average Bonchev–Trinajstić information content (AvgIpc) is 3.00. The van der Waals surface area contributed by atoms with Gasteiger partial charge in [-0.1, -0.05) is 11.8 Å². The quantitative estimate of drug-likeness (QED) is 0.709. The number of aromatic amines is 1. The van der Waals surface area contributed by atoms with Crippen LogP contribution in [0.3, 0.4) is 0 Å². The number of hydrogen-bond acceptors (Lipinski definition) is 4. The molecule has 1 heterocycles. The van der Waals surface area contributed by atoms with Crippen molar-refractivity contribution in [2.24, 2.45) is 5.73 Å². The van der Waals surface area contributed by atoms with Crippen LogP contribution < -0.4 is 10.5 Å². The zero-order chi connectivity index (χ0) is 15.3. The first-order chi connectivity index (χ1) is 10.0. The van der Waals surface area contributed by atoms with Crippen LogP contribution in [0.15, 0.2) is 35.7 Å². The van der Waals surface area contributed by atoms with Crippen molar-refractivity contribution in [3.63, 3.8) is 0 Å². The Kier molecular flexibility index (Phi) is 4.70. The number of aromatic nitrogens is 2. The van der Waals surface area contributed by atoms with Crippen molar-refractivity contribution < 1.29 is 12.8 Å². The predicted molar refractivity (Wildman–Crippen MR) is 74.9 cm³/mol. The molecule has 110 valence electrons. The first kappa shape index (κ1) is 15.2. The summed E-state index contributed by atoms with van der Waals surface area (Å²) < 4.78 is 39.7. The summed E-state index contributed by atoms with van der Waals surface area (Å²) in [6, 6.07) is 4.22. The van der Waals surface area contributed by atoms with Gasteiger partial charge in [0.05, 0.1) is 19.1 Å². The van der Waals surface area contributed by atoms with Gasteiger partial charge in [-0.05, 0) is 18.2 Å². The van der Waals surface area contributed by atoms with Crippen molar-refractivity contribution in [3.05, 3.63) is 47.7 Å². The molecule has 1 aromatic carbocycles. The Morgan fingerprint density at radius 2 is 2.24 bits per heavy atom. The number of benzene rings is 1. The van der Waals surface area contributed by atoms with Gasteiger partial charge in [0.1, 0.15) is 5.82 Å². The maximum absolute atomic E-state index is 13.7. The topological polar surface area (TPSA) is 101 Å². The molecule has 0 atom stereocenters. The molecule has 0 unspecified atom stereocenters. The highest BCUT2D eigenvalue weighted by Gasteiger charge is 2.16. The number of nitrogens with zero attached hydrogens (tertiary/aromatic N) is 1. The Morgan fingerprint density at radius 3 is 2.90 bits per heavy atom. The van der Waals surface area contributed by atoms with E-state index in [-0.39, 0.29) is 23.7 Å². The van der Waals surface area contributed by atoms with Crippen molar-refractivity contribution in [2.75, 3.05) is 6.54 Å². The van der Waals surface area contributed by atoms with Gasteiger partial charge >= 0.3 is 0 Å². The first-order valence-corrected chi connectivity index (χ1v) is 7.46. The van der Waals surface area contributed by atoms with Crippen LogP contribution in [0.25, 0.3) is 0 Å². The molecule has 8 heteroatoms. The molecular weight excluding hydrogens is 295 g/mol. The number of H-pyrrole nitrogens is 1. The minimum Gasteiger partial charge on any atom is -0.335 e. The number of imidazole rings is 1. The lowest BCUT2D eigenvalue weighted by molar-refractivity contribution is 0.571. The Morgan fingerprint density at radius 1 is 1.43 bits per heavy atom. The first-order valence-electron chi connectivity index (χ1n) is 5.98. The van der Waals surface area contributed by atoms with Gasteiger partial charge < -0.3 is 10.7 Å².